The number of hydrogen-bond donors (Lipinski definition) is 0. The van der Waals surface area contributed by atoms with Gasteiger partial charge in [0.15, 0.2) is 0 Å². The Balaban J connectivity index is 2.02. The average Bonchev–Trinajstić information content (AvgIpc) is 2.69. The second-order valence-electron chi connectivity index (χ2n) is 4.43. The highest BCUT2D eigenvalue weighted by Crippen LogP contribution is 2.24. The van der Waals surface area contributed by atoms with E-state index < -0.39 is 10.0 Å². The van der Waals surface area contributed by atoms with Crippen molar-refractivity contribution in [2.24, 2.45) is 5.92 Å². The molecule has 1 saturated heterocycles. The molecule has 1 aromatic rings. The van der Waals surface area contributed by atoms with E-state index in [-0.39, 0.29) is 0 Å². The molecule has 4 nitrogen and oxygen atoms in total. The molecule has 17 heavy (non-hydrogen) atoms. The molecule has 2 rings (SSSR count). The van der Waals surface area contributed by atoms with E-state index in [0.717, 1.165) is 18.4 Å². The van der Waals surface area contributed by atoms with Gasteiger partial charge in [-0.25, -0.2) is 17.7 Å². The minimum absolute atomic E-state index is 0.339. The highest BCUT2D eigenvalue weighted by atomic mass is 35.5. The van der Waals surface area contributed by atoms with Crippen molar-refractivity contribution in [3.63, 3.8) is 0 Å². The average molecular weight is 275 g/mol. The maximum atomic E-state index is 11.4. The van der Waals surface area contributed by atoms with Crippen LogP contribution in [0.25, 0.3) is 0 Å². The van der Waals surface area contributed by atoms with Crippen molar-refractivity contribution in [1.29, 1.82) is 0 Å². The van der Waals surface area contributed by atoms with Gasteiger partial charge in [0.2, 0.25) is 10.0 Å². The number of nitrogens with zero attached hydrogens (tertiary/aromatic N) is 2. The summed E-state index contributed by atoms with van der Waals surface area (Å²) in [7, 11) is -3.05. The summed E-state index contributed by atoms with van der Waals surface area (Å²) in [6.45, 7) is 1.20. The second-order valence-corrected chi connectivity index (χ2v) is 6.77. The van der Waals surface area contributed by atoms with Gasteiger partial charge in [0.25, 0.3) is 0 Å². The molecule has 0 spiro atoms. The van der Waals surface area contributed by atoms with Crippen LogP contribution < -0.4 is 0 Å². The van der Waals surface area contributed by atoms with Gasteiger partial charge in [-0.3, -0.25) is 0 Å². The molecule has 1 aromatic heterocycles. The molecule has 1 fully saturated rings. The van der Waals surface area contributed by atoms with Crippen LogP contribution >= 0.6 is 11.6 Å². The molecule has 0 aliphatic carbocycles. The molecule has 6 heteroatoms. The van der Waals surface area contributed by atoms with Gasteiger partial charge in [-0.1, -0.05) is 17.7 Å². The molecule has 94 valence electrons. The van der Waals surface area contributed by atoms with Crippen molar-refractivity contribution in [1.82, 2.24) is 9.29 Å². The Labute approximate surface area is 107 Å². The summed E-state index contributed by atoms with van der Waals surface area (Å²) in [5.74, 6) is 0.339. The van der Waals surface area contributed by atoms with E-state index in [1.54, 1.807) is 6.20 Å². The first kappa shape index (κ1) is 12.8. The van der Waals surface area contributed by atoms with Crippen LogP contribution in [0.15, 0.2) is 18.3 Å². The molecule has 2 heterocycles. The summed E-state index contributed by atoms with van der Waals surface area (Å²) in [5, 5.41) is 0.519. The number of hydrogen-bond acceptors (Lipinski definition) is 3. The van der Waals surface area contributed by atoms with E-state index in [9.17, 15) is 8.42 Å². The van der Waals surface area contributed by atoms with Gasteiger partial charge >= 0.3 is 0 Å². The molecule has 1 aliphatic heterocycles. The Morgan fingerprint density at radius 1 is 1.59 bits per heavy atom. The van der Waals surface area contributed by atoms with Crippen molar-refractivity contribution in [3.8, 4) is 0 Å². The standard InChI is InChI=1S/C11H15ClN2O2S/c1-17(15,16)14-6-4-9(8-14)7-10-3-2-5-13-11(10)12/h2-3,5,9H,4,6-8H2,1H3/t9-/m0/s1. The van der Waals surface area contributed by atoms with E-state index in [2.05, 4.69) is 4.98 Å². The topological polar surface area (TPSA) is 50.3 Å². The predicted octanol–water partition coefficient (Wildman–Crippen LogP) is 1.56. The van der Waals surface area contributed by atoms with E-state index >= 15 is 0 Å². The van der Waals surface area contributed by atoms with Gasteiger partial charge in [0.1, 0.15) is 5.15 Å². The van der Waals surface area contributed by atoms with Gasteiger partial charge in [0, 0.05) is 19.3 Å². The van der Waals surface area contributed by atoms with E-state index in [4.69, 9.17) is 11.6 Å². The molecule has 0 bridgehead atoms. The van der Waals surface area contributed by atoms with Gasteiger partial charge in [-0.05, 0) is 30.4 Å². The van der Waals surface area contributed by atoms with Crippen molar-refractivity contribution in [2.45, 2.75) is 12.8 Å². The summed E-state index contributed by atoms with van der Waals surface area (Å²) in [6, 6.07) is 3.79. The highest BCUT2D eigenvalue weighted by Gasteiger charge is 2.28. The maximum absolute atomic E-state index is 11.4. The van der Waals surface area contributed by atoms with Crippen LogP contribution in [-0.2, 0) is 16.4 Å². The number of pyridine rings is 1. The molecular formula is C11H15ClN2O2S. The quantitative estimate of drug-likeness (QED) is 0.786. The van der Waals surface area contributed by atoms with E-state index in [1.807, 2.05) is 12.1 Å². The van der Waals surface area contributed by atoms with Gasteiger partial charge < -0.3 is 0 Å². The molecule has 0 saturated carbocycles. The summed E-state index contributed by atoms with van der Waals surface area (Å²) < 4.78 is 24.3. The summed E-state index contributed by atoms with van der Waals surface area (Å²) in [6.07, 6.45) is 4.59. The summed E-state index contributed by atoms with van der Waals surface area (Å²) in [4.78, 5) is 4.02. The Hall–Kier alpha value is -0.650. The Morgan fingerprint density at radius 2 is 2.35 bits per heavy atom. The zero-order chi connectivity index (χ0) is 12.5. The fourth-order valence-electron chi connectivity index (χ4n) is 2.15. The number of rotatable bonds is 3. The third-order valence-corrected chi connectivity index (χ3v) is 4.67. The monoisotopic (exact) mass is 274 g/mol. The first-order valence-electron chi connectivity index (χ1n) is 5.51. The smallest absolute Gasteiger partial charge is 0.211 e. The molecule has 1 atom stereocenters. The summed E-state index contributed by atoms with van der Waals surface area (Å²) in [5.41, 5.74) is 0.995. The lowest BCUT2D eigenvalue weighted by atomic mass is 10.0. The lowest BCUT2D eigenvalue weighted by molar-refractivity contribution is 0.460. The van der Waals surface area contributed by atoms with Crippen LogP contribution in [0.4, 0.5) is 0 Å². The molecule has 0 aromatic carbocycles. The SMILES string of the molecule is CS(=O)(=O)N1CC[C@@H](Cc2cccnc2Cl)C1. The maximum Gasteiger partial charge on any atom is 0.211 e. The van der Waals surface area contributed by atoms with E-state index in [0.29, 0.717) is 24.2 Å². The Kier molecular flexibility index (Phi) is 3.70. The zero-order valence-electron chi connectivity index (χ0n) is 9.63. The molecule has 0 radical (unpaired) electrons. The van der Waals surface area contributed by atoms with Crippen molar-refractivity contribution in [3.05, 3.63) is 29.0 Å². The number of aromatic nitrogens is 1. The second kappa shape index (κ2) is 4.92. The predicted molar refractivity (Wildman–Crippen MR) is 67.5 cm³/mol. The Morgan fingerprint density at radius 3 is 2.94 bits per heavy atom. The lowest BCUT2D eigenvalue weighted by Crippen LogP contribution is -2.27. The molecule has 1 aliphatic rings. The van der Waals surface area contributed by atoms with Gasteiger partial charge in [-0.2, -0.15) is 0 Å². The Bertz CT molecular complexity index is 504. The van der Waals surface area contributed by atoms with Crippen molar-refractivity contribution >= 4 is 21.6 Å². The van der Waals surface area contributed by atoms with Crippen LogP contribution in [0.5, 0.6) is 0 Å². The fraction of sp³-hybridized carbons (Fsp3) is 0.545. The van der Waals surface area contributed by atoms with Crippen LogP contribution in [-0.4, -0.2) is 37.1 Å². The molecule has 0 amide bonds. The third kappa shape index (κ3) is 3.18. The van der Waals surface area contributed by atoms with Crippen LogP contribution in [0.3, 0.4) is 0 Å². The molecule has 0 unspecified atom stereocenters. The normalized spacial score (nSPS) is 21.9. The first-order valence-corrected chi connectivity index (χ1v) is 7.74. The molecular weight excluding hydrogens is 260 g/mol. The summed E-state index contributed by atoms with van der Waals surface area (Å²) >= 11 is 5.99. The van der Waals surface area contributed by atoms with Crippen LogP contribution in [0.1, 0.15) is 12.0 Å². The third-order valence-electron chi connectivity index (χ3n) is 3.06. The number of sulfonamides is 1. The van der Waals surface area contributed by atoms with Crippen molar-refractivity contribution in [2.75, 3.05) is 19.3 Å². The van der Waals surface area contributed by atoms with Crippen LogP contribution in [0.2, 0.25) is 5.15 Å². The highest BCUT2D eigenvalue weighted by molar-refractivity contribution is 7.88. The first-order chi connectivity index (χ1) is 7.97. The minimum atomic E-state index is -3.05. The largest absolute Gasteiger partial charge is 0.244 e. The van der Waals surface area contributed by atoms with E-state index in [1.165, 1.54) is 10.6 Å². The molecule has 0 N–H and O–H groups in total. The van der Waals surface area contributed by atoms with Crippen LogP contribution in [0, 0.1) is 5.92 Å². The van der Waals surface area contributed by atoms with Gasteiger partial charge in [0.05, 0.1) is 6.26 Å². The lowest BCUT2D eigenvalue weighted by Gasteiger charge is -2.13. The fourth-order valence-corrected chi connectivity index (χ4v) is 3.26. The minimum Gasteiger partial charge on any atom is -0.244 e. The van der Waals surface area contributed by atoms with Crippen molar-refractivity contribution < 1.29 is 8.42 Å². The van der Waals surface area contributed by atoms with Gasteiger partial charge in [-0.15, -0.1) is 0 Å². The number of halogens is 1. The zero-order valence-corrected chi connectivity index (χ0v) is 11.2.